The number of esters is 1. The van der Waals surface area contributed by atoms with Crippen LogP contribution in [-0.4, -0.2) is 33.4 Å². The van der Waals surface area contributed by atoms with E-state index < -0.39 is 5.41 Å². The Balaban J connectivity index is 2.97. The molecule has 1 aliphatic heterocycles. The lowest BCUT2D eigenvalue weighted by Crippen LogP contribution is -2.46. The number of carbonyl (C=O) groups is 1. The van der Waals surface area contributed by atoms with Crippen LogP contribution in [0.1, 0.15) is 33.6 Å². The Kier molecular flexibility index (Phi) is 5.02. The molecule has 0 N–H and O–H groups in total. The van der Waals surface area contributed by atoms with Crippen molar-refractivity contribution in [2.24, 2.45) is 16.7 Å². The van der Waals surface area contributed by atoms with E-state index in [2.05, 4.69) is 27.4 Å². The van der Waals surface area contributed by atoms with Crippen molar-refractivity contribution in [3.05, 3.63) is 12.3 Å². The third-order valence-corrected chi connectivity index (χ3v) is 3.54. The van der Waals surface area contributed by atoms with E-state index in [-0.39, 0.29) is 17.3 Å². The number of hydrogen-bond donors (Lipinski definition) is 0. The zero-order valence-electron chi connectivity index (χ0n) is 12.7. The normalized spacial score (nSPS) is 27.7. The van der Waals surface area contributed by atoms with Gasteiger partial charge in [0.2, 0.25) is 0 Å². The zero-order chi connectivity index (χ0) is 14.7. The van der Waals surface area contributed by atoms with Crippen LogP contribution in [0.2, 0.25) is 0 Å². The van der Waals surface area contributed by atoms with Gasteiger partial charge < -0.3 is 14.2 Å². The van der Waals surface area contributed by atoms with E-state index in [9.17, 15) is 4.79 Å². The van der Waals surface area contributed by atoms with Gasteiger partial charge in [0.25, 0.3) is 0 Å². The van der Waals surface area contributed by atoms with Crippen molar-refractivity contribution in [1.82, 2.24) is 0 Å². The summed E-state index contributed by atoms with van der Waals surface area (Å²) in [6.07, 6.45) is 1.39. The van der Waals surface area contributed by atoms with Crippen LogP contribution in [0.3, 0.4) is 0 Å². The Morgan fingerprint density at radius 1 is 1.37 bits per heavy atom. The first-order chi connectivity index (χ1) is 8.74. The maximum atomic E-state index is 12.3. The first-order valence-corrected chi connectivity index (χ1v) is 6.63. The molecule has 2 unspecified atom stereocenters. The van der Waals surface area contributed by atoms with Crippen LogP contribution in [0.15, 0.2) is 12.3 Å². The van der Waals surface area contributed by atoms with Gasteiger partial charge >= 0.3 is 5.97 Å². The Bertz CT molecular complexity index is 343. The summed E-state index contributed by atoms with van der Waals surface area (Å²) in [6, 6.07) is 0. The second-order valence-corrected chi connectivity index (χ2v) is 6.60. The molecule has 110 valence electrons. The molecule has 1 rings (SSSR count). The predicted octanol–water partition coefficient (Wildman–Crippen LogP) is 2.78. The average molecular weight is 270 g/mol. The SMILES string of the molecule is C=C(OC)C1COCC(CC(C)(C)C)(C(=O)OC)C1. The van der Waals surface area contributed by atoms with Crippen molar-refractivity contribution in [2.75, 3.05) is 27.4 Å². The minimum atomic E-state index is -0.600. The van der Waals surface area contributed by atoms with E-state index in [4.69, 9.17) is 14.2 Å². The highest BCUT2D eigenvalue weighted by molar-refractivity contribution is 5.77. The maximum Gasteiger partial charge on any atom is 0.314 e. The fourth-order valence-corrected chi connectivity index (χ4v) is 2.93. The van der Waals surface area contributed by atoms with Gasteiger partial charge in [-0.1, -0.05) is 27.4 Å². The number of hydrogen-bond acceptors (Lipinski definition) is 4. The lowest BCUT2D eigenvalue weighted by Gasteiger charge is -2.41. The molecule has 0 aromatic carbocycles. The minimum Gasteiger partial charge on any atom is -0.501 e. The summed E-state index contributed by atoms with van der Waals surface area (Å²) in [7, 11) is 3.03. The first-order valence-electron chi connectivity index (χ1n) is 6.63. The summed E-state index contributed by atoms with van der Waals surface area (Å²) in [4.78, 5) is 12.3. The van der Waals surface area contributed by atoms with Crippen LogP contribution in [0.25, 0.3) is 0 Å². The van der Waals surface area contributed by atoms with Crippen LogP contribution in [-0.2, 0) is 19.0 Å². The van der Waals surface area contributed by atoms with Gasteiger partial charge in [-0.15, -0.1) is 0 Å². The third-order valence-electron chi connectivity index (χ3n) is 3.54. The molecule has 1 fully saturated rings. The van der Waals surface area contributed by atoms with Crippen LogP contribution >= 0.6 is 0 Å². The van der Waals surface area contributed by atoms with E-state index in [0.717, 1.165) is 6.42 Å². The number of rotatable bonds is 4. The van der Waals surface area contributed by atoms with E-state index in [1.54, 1.807) is 7.11 Å². The molecule has 0 bridgehead atoms. The Labute approximate surface area is 116 Å². The molecule has 0 saturated carbocycles. The number of methoxy groups -OCH3 is 2. The molecule has 4 nitrogen and oxygen atoms in total. The average Bonchev–Trinajstić information content (AvgIpc) is 2.34. The molecule has 0 aromatic rings. The highest BCUT2D eigenvalue weighted by Crippen LogP contribution is 2.44. The molecular formula is C15H26O4. The van der Waals surface area contributed by atoms with Crippen LogP contribution in [0.4, 0.5) is 0 Å². The topological polar surface area (TPSA) is 44.8 Å². The largest absolute Gasteiger partial charge is 0.501 e. The molecule has 0 aromatic heterocycles. The molecule has 0 spiro atoms. The lowest BCUT2D eigenvalue weighted by atomic mass is 9.68. The molecule has 0 aliphatic carbocycles. The fourth-order valence-electron chi connectivity index (χ4n) is 2.93. The highest BCUT2D eigenvalue weighted by Gasteiger charge is 2.47. The van der Waals surface area contributed by atoms with Crippen molar-refractivity contribution in [3.8, 4) is 0 Å². The Morgan fingerprint density at radius 3 is 2.47 bits per heavy atom. The summed E-state index contributed by atoms with van der Waals surface area (Å²) in [6.45, 7) is 11.2. The summed E-state index contributed by atoms with van der Waals surface area (Å²) < 4.78 is 15.9. The van der Waals surface area contributed by atoms with Crippen molar-refractivity contribution >= 4 is 5.97 Å². The third kappa shape index (κ3) is 3.96. The molecule has 1 aliphatic rings. The number of carbonyl (C=O) groups excluding carboxylic acids is 1. The van der Waals surface area contributed by atoms with Crippen LogP contribution in [0, 0.1) is 16.7 Å². The molecule has 1 heterocycles. The second kappa shape index (κ2) is 5.95. The molecule has 4 heteroatoms. The fraction of sp³-hybridized carbons (Fsp3) is 0.800. The van der Waals surface area contributed by atoms with Crippen molar-refractivity contribution in [3.63, 3.8) is 0 Å². The smallest absolute Gasteiger partial charge is 0.314 e. The standard InChI is InChI=1S/C15H26O4/c1-11(17-5)12-7-15(10-19-8-12,13(16)18-6)9-14(2,3)4/h12H,1,7-10H2,2-6H3. The Morgan fingerprint density at radius 2 is 2.00 bits per heavy atom. The van der Waals surface area contributed by atoms with Gasteiger partial charge in [-0.25, -0.2) is 0 Å². The van der Waals surface area contributed by atoms with Gasteiger partial charge in [0.1, 0.15) is 0 Å². The maximum absolute atomic E-state index is 12.3. The van der Waals surface area contributed by atoms with E-state index in [1.165, 1.54) is 7.11 Å². The summed E-state index contributed by atoms with van der Waals surface area (Å²) in [5, 5.41) is 0. The van der Waals surface area contributed by atoms with Gasteiger partial charge in [-0.3, -0.25) is 4.79 Å². The van der Waals surface area contributed by atoms with Gasteiger partial charge in [0.15, 0.2) is 0 Å². The lowest BCUT2D eigenvalue weighted by molar-refractivity contribution is -0.167. The number of ether oxygens (including phenoxy) is 3. The second-order valence-electron chi connectivity index (χ2n) is 6.60. The molecular weight excluding hydrogens is 244 g/mol. The van der Waals surface area contributed by atoms with Gasteiger partial charge in [-0.05, 0) is 18.3 Å². The van der Waals surface area contributed by atoms with Crippen LogP contribution < -0.4 is 0 Å². The van der Waals surface area contributed by atoms with Crippen LogP contribution in [0.5, 0.6) is 0 Å². The van der Waals surface area contributed by atoms with E-state index >= 15 is 0 Å². The molecule has 2 atom stereocenters. The summed E-state index contributed by atoms with van der Waals surface area (Å²) >= 11 is 0. The zero-order valence-corrected chi connectivity index (χ0v) is 12.7. The summed E-state index contributed by atoms with van der Waals surface area (Å²) in [5.41, 5.74) is -0.578. The van der Waals surface area contributed by atoms with E-state index in [1.807, 2.05) is 0 Å². The monoisotopic (exact) mass is 270 g/mol. The van der Waals surface area contributed by atoms with Gasteiger partial charge in [-0.2, -0.15) is 0 Å². The van der Waals surface area contributed by atoms with Crippen molar-refractivity contribution in [1.29, 1.82) is 0 Å². The van der Waals surface area contributed by atoms with E-state index in [0.29, 0.717) is 25.4 Å². The molecule has 1 saturated heterocycles. The molecule has 0 radical (unpaired) electrons. The molecule has 0 amide bonds. The summed E-state index contributed by atoms with van der Waals surface area (Å²) in [5.74, 6) is 0.512. The van der Waals surface area contributed by atoms with Gasteiger partial charge in [0, 0.05) is 5.92 Å². The first kappa shape index (κ1) is 16.0. The molecule has 19 heavy (non-hydrogen) atoms. The van der Waals surface area contributed by atoms with Crippen molar-refractivity contribution in [2.45, 2.75) is 33.6 Å². The Hall–Kier alpha value is -1.03. The van der Waals surface area contributed by atoms with Crippen molar-refractivity contribution < 1.29 is 19.0 Å². The highest BCUT2D eigenvalue weighted by atomic mass is 16.5. The van der Waals surface area contributed by atoms with Gasteiger partial charge in [0.05, 0.1) is 38.6 Å². The quantitative estimate of drug-likeness (QED) is 0.582. The minimum absolute atomic E-state index is 0.0217. The predicted molar refractivity (Wildman–Crippen MR) is 73.6 cm³/mol.